The Morgan fingerprint density at radius 1 is 0.600 bits per heavy atom. The van der Waals surface area contributed by atoms with Crippen LogP contribution in [-0.2, 0) is 71.9 Å². The summed E-state index contributed by atoms with van der Waals surface area (Å²) in [4.78, 5) is 0. The van der Waals surface area contributed by atoms with Crippen molar-refractivity contribution >= 4 is 0 Å². The lowest BCUT2D eigenvalue weighted by Gasteiger charge is -2.21. The maximum absolute atomic E-state index is 9.39. The molecule has 4 N–H and O–H groups in total. The van der Waals surface area contributed by atoms with Gasteiger partial charge in [-0.15, -0.1) is 6.58 Å². The third-order valence-electron chi connectivity index (χ3n) is 9.55. The SMILES string of the molecule is C=CCOCC(COCC1COC(C)(C)O1)OCc1ccccc1.CC1(C)COCC(COCC(CO)OCc2ccccc2)OC1.OCC(O)COCC(CO)OCc1ccccc1. The summed E-state index contributed by atoms with van der Waals surface area (Å²) in [5, 5.41) is 36.2. The van der Waals surface area contributed by atoms with Gasteiger partial charge in [0, 0.05) is 5.41 Å². The first-order chi connectivity index (χ1) is 31.4. The molecular weight excluding hydrogens is 841 g/mol. The van der Waals surface area contributed by atoms with E-state index in [1.807, 2.05) is 105 Å². The Balaban J connectivity index is 0.000000262. The summed E-state index contributed by atoms with van der Waals surface area (Å²) in [6, 6.07) is 29.6. The summed E-state index contributed by atoms with van der Waals surface area (Å²) < 4.78 is 61.8. The van der Waals surface area contributed by atoms with E-state index < -0.39 is 18.0 Å². The van der Waals surface area contributed by atoms with Crippen LogP contribution in [-0.4, -0.2) is 162 Å². The van der Waals surface area contributed by atoms with Crippen LogP contribution in [0.15, 0.2) is 104 Å². The van der Waals surface area contributed by atoms with Crippen LogP contribution in [0.3, 0.4) is 0 Å². The molecule has 0 radical (unpaired) electrons. The predicted octanol–water partition coefficient (Wildman–Crippen LogP) is 4.90. The molecule has 0 bridgehead atoms. The third-order valence-corrected chi connectivity index (χ3v) is 9.55. The van der Waals surface area contributed by atoms with E-state index in [2.05, 4.69) is 20.4 Å². The van der Waals surface area contributed by atoms with Crippen molar-refractivity contribution in [1.82, 2.24) is 0 Å². The molecule has 0 saturated carbocycles. The number of benzene rings is 3. The van der Waals surface area contributed by atoms with Crippen LogP contribution in [0.25, 0.3) is 0 Å². The minimum absolute atomic E-state index is 0.0295. The zero-order chi connectivity index (χ0) is 47.0. The van der Waals surface area contributed by atoms with Gasteiger partial charge in [-0.2, -0.15) is 0 Å². The van der Waals surface area contributed by atoms with Gasteiger partial charge in [-0.1, -0.05) is 111 Å². The summed E-state index contributed by atoms with van der Waals surface area (Å²) in [5.41, 5.74) is 3.27. The average molecular weight is 917 g/mol. The van der Waals surface area contributed by atoms with E-state index in [1.165, 1.54) is 0 Å². The van der Waals surface area contributed by atoms with Gasteiger partial charge in [0.05, 0.1) is 119 Å². The number of aliphatic hydroxyl groups is 4. The normalized spacial score (nSPS) is 19.6. The Hall–Kier alpha value is -3.20. The third kappa shape index (κ3) is 26.7. The molecule has 6 atom stereocenters. The van der Waals surface area contributed by atoms with Crippen molar-refractivity contribution in [3.8, 4) is 0 Å². The maximum atomic E-state index is 9.39. The van der Waals surface area contributed by atoms with Gasteiger partial charge in [0.25, 0.3) is 0 Å². The summed E-state index contributed by atoms with van der Waals surface area (Å²) in [5.74, 6) is -0.524. The first-order valence-electron chi connectivity index (χ1n) is 22.3. The summed E-state index contributed by atoms with van der Waals surface area (Å²) >= 11 is 0. The summed E-state index contributed by atoms with van der Waals surface area (Å²) in [7, 11) is 0. The van der Waals surface area contributed by atoms with E-state index >= 15 is 0 Å². The van der Waals surface area contributed by atoms with Crippen molar-refractivity contribution in [2.75, 3.05) is 99.1 Å². The molecule has 0 spiro atoms. The Labute approximate surface area is 386 Å². The molecule has 0 amide bonds. The quantitative estimate of drug-likeness (QED) is 0.0570. The lowest BCUT2D eigenvalue weighted by atomic mass is 9.97. The average Bonchev–Trinajstić information content (AvgIpc) is 3.57. The molecule has 2 saturated heterocycles. The molecule has 5 rings (SSSR count). The largest absolute Gasteiger partial charge is 0.394 e. The zero-order valence-electron chi connectivity index (χ0n) is 38.9. The smallest absolute Gasteiger partial charge is 0.163 e. The minimum Gasteiger partial charge on any atom is -0.394 e. The van der Waals surface area contributed by atoms with Gasteiger partial charge in [0.1, 0.15) is 36.6 Å². The molecule has 2 aliphatic heterocycles. The van der Waals surface area contributed by atoms with Crippen molar-refractivity contribution < 1.29 is 72.5 Å². The van der Waals surface area contributed by atoms with E-state index in [9.17, 15) is 5.11 Å². The molecular formula is C50H76O15. The molecule has 2 fully saturated rings. The molecule has 3 aromatic rings. The number of ether oxygens (including phenoxy) is 11. The van der Waals surface area contributed by atoms with E-state index in [1.54, 1.807) is 6.08 Å². The van der Waals surface area contributed by atoms with Crippen LogP contribution in [0.2, 0.25) is 0 Å². The van der Waals surface area contributed by atoms with Crippen LogP contribution < -0.4 is 0 Å². The Morgan fingerprint density at radius 3 is 1.55 bits per heavy atom. The van der Waals surface area contributed by atoms with E-state index in [-0.39, 0.29) is 62.9 Å². The van der Waals surface area contributed by atoms with Gasteiger partial charge in [-0.25, -0.2) is 0 Å². The van der Waals surface area contributed by atoms with Gasteiger partial charge < -0.3 is 72.5 Å². The fourth-order valence-electron chi connectivity index (χ4n) is 5.99. The van der Waals surface area contributed by atoms with Crippen molar-refractivity contribution in [2.24, 2.45) is 5.41 Å². The van der Waals surface area contributed by atoms with Crippen molar-refractivity contribution in [3.63, 3.8) is 0 Å². The fraction of sp³-hybridized carbons (Fsp3) is 0.600. The first-order valence-corrected chi connectivity index (χ1v) is 22.3. The minimum atomic E-state index is -0.890. The van der Waals surface area contributed by atoms with Gasteiger partial charge in [0.2, 0.25) is 0 Å². The highest BCUT2D eigenvalue weighted by molar-refractivity contribution is 5.15. The topological polar surface area (TPSA) is 182 Å². The zero-order valence-corrected chi connectivity index (χ0v) is 38.9. The molecule has 15 heteroatoms. The predicted molar refractivity (Wildman–Crippen MR) is 245 cm³/mol. The lowest BCUT2D eigenvalue weighted by molar-refractivity contribution is -0.148. The highest BCUT2D eigenvalue weighted by Gasteiger charge is 2.33. The van der Waals surface area contributed by atoms with E-state index in [0.717, 1.165) is 16.7 Å². The van der Waals surface area contributed by atoms with Crippen LogP contribution in [0.4, 0.5) is 0 Å². The van der Waals surface area contributed by atoms with E-state index in [4.69, 9.17) is 67.4 Å². The van der Waals surface area contributed by atoms with Crippen LogP contribution in [0.1, 0.15) is 44.4 Å². The molecule has 6 unspecified atom stereocenters. The van der Waals surface area contributed by atoms with Crippen molar-refractivity contribution in [2.45, 2.75) is 89.9 Å². The lowest BCUT2D eigenvalue weighted by Crippen LogP contribution is -2.30. The summed E-state index contributed by atoms with van der Waals surface area (Å²) in [6.07, 6.45) is -0.177. The Kier molecular flexibility index (Phi) is 28.8. The van der Waals surface area contributed by atoms with Crippen molar-refractivity contribution in [3.05, 3.63) is 120 Å². The molecule has 2 heterocycles. The standard InChI is InChI=1S/C19H28O5.C18H28O5.C13H20O5/c1-4-10-20-12-17(22-11-16-8-6-5-7-9-16)13-21-14-18-15-23-19(2,3)24-18;1-18(2)13-21-12-17(23-14-18)11-20-10-16(8-19)22-9-15-6-4-3-5-7-15;14-6-12(16)9-17-10-13(7-15)18-8-11-4-2-1-3-5-11/h4-9,17-18H,1,10-15H2,2-3H3;3-7,16-17,19H,8-14H2,1-2H3;1-5,12-16H,6-10H2. The number of aliphatic hydroxyl groups excluding tert-OH is 4. The summed E-state index contributed by atoms with van der Waals surface area (Å²) in [6.45, 7) is 17.9. The fourth-order valence-corrected chi connectivity index (χ4v) is 5.99. The highest BCUT2D eigenvalue weighted by atomic mass is 16.7. The Bertz CT molecular complexity index is 1580. The van der Waals surface area contributed by atoms with E-state index in [0.29, 0.717) is 85.9 Å². The maximum Gasteiger partial charge on any atom is 0.163 e. The monoisotopic (exact) mass is 917 g/mol. The molecule has 15 nitrogen and oxygen atoms in total. The number of hydrogen-bond donors (Lipinski definition) is 4. The molecule has 3 aromatic carbocycles. The van der Waals surface area contributed by atoms with Gasteiger partial charge >= 0.3 is 0 Å². The second-order valence-electron chi connectivity index (χ2n) is 17.0. The van der Waals surface area contributed by atoms with Gasteiger partial charge in [0.15, 0.2) is 5.79 Å². The molecule has 0 aromatic heterocycles. The number of rotatable bonds is 28. The molecule has 65 heavy (non-hydrogen) atoms. The van der Waals surface area contributed by atoms with Crippen LogP contribution in [0.5, 0.6) is 0 Å². The van der Waals surface area contributed by atoms with Crippen molar-refractivity contribution in [1.29, 1.82) is 0 Å². The second kappa shape index (κ2) is 33.3. The van der Waals surface area contributed by atoms with Gasteiger partial charge in [-0.05, 0) is 30.5 Å². The highest BCUT2D eigenvalue weighted by Crippen LogP contribution is 2.23. The first kappa shape index (κ1) is 56.1. The van der Waals surface area contributed by atoms with Gasteiger partial charge in [-0.3, -0.25) is 0 Å². The van der Waals surface area contributed by atoms with Crippen LogP contribution >= 0.6 is 0 Å². The molecule has 0 aliphatic carbocycles. The molecule has 366 valence electrons. The number of hydrogen-bond acceptors (Lipinski definition) is 15. The second-order valence-corrected chi connectivity index (χ2v) is 17.0. The molecule has 2 aliphatic rings. The Morgan fingerprint density at radius 2 is 1.08 bits per heavy atom. The van der Waals surface area contributed by atoms with Crippen LogP contribution in [0, 0.1) is 5.41 Å².